The summed E-state index contributed by atoms with van der Waals surface area (Å²) < 4.78 is 24.8. The predicted molar refractivity (Wildman–Crippen MR) is 57.4 cm³/mol. The summed E-state index contributed by atoms with van der Waals surface area (Å²) in [4.78, 5) is 0. The average Bonchev–Trinajstić information content (AvgIpc) is 2.17. The summed E-state index contributed by atoms with van der Waals surface area (Å²) in [5.74, 6) is -0.556. The first kappa shape index (κ1) is 11.5. The van der Waals surface area contributed by atoms with E-state index in [-0.39, 0.29) is 0 Å². The number of nitrogens with zero attached hydrogens (tertiary/aromatic N) is 1. The van der Waals surface area contributed by atoms with Gasteiger partial charge in [0.2, 0.25) is 10.0 Å². The van der Waals surface area contributed by atoms with Gasteiger partial charge in [-0.3, -0.25) is 4.72 Å². The predicted octanol–water partition coefficient (Wildman–Crippen LogP) is 0.411. The number of rotatable bonds is 4. The van der Waals surface area contributed by atoms with Gasteiger partial charge in [0.05, 0.1) is 6.07 Å². The smallest absolute Gasteiger partial charge is 0.246 e. The first-order chi connectivity index (χ1) is 7.07. The van der Waals surface area contributed by atoms with E-state index in [0.29, 0.717) is 12.2 Å². The molecule has 0 aliphatic heterocycles. The second kappa shape index (κ2) is 4.77. The second-order valence-corrected chi connectivity index (χ2v) is 4.65. The lowest BCUT2D eigenvalue weighted by Gasteiger charge is -2.05. The van der Waals surface area contributed by atoms with Gasteiger partial charge in [-0.2, -0.15) is 5.26 Å². The van der Waals surface area contributed by atoms with Crippen LogP contribution in [-0.2, 0) is 16.6 Å². The van der Waals surface area contributed by atoms with E-state index in [1.54, 1.807) is 30.3 Å². The first-order valence-electron chi connectivity index (χ1n) is 4.24. The molecule has 0 unspecified atom stereocenters. The van der Waals surface area contributed by atoms with Crippen molar-refractivity contribution in [3.05, 3.63) is 29.8 Å². The molecule has 80 valence electrons. The van der Waals surface area contributed by atoms with E-state index in [1.807, 2.05) is 0 Å². The van der Waals surface area contributed by atoms with Gasteiger partial charge in [0.25, 0.3) is 0 Å². The van der Waals surface area contributed by atoms with E-state index in [1.165, 1.54) is 0 Å². The van der Waals surface area contributed by atoms with Gasteiger partial charge in [0, 0.05) is 12.2 Å². The summed E-state index contributed by atoms with van der Waals surface area (Å²) in [6.45, 7) is 0.341. The van der Waals surface area contributed by atoms with Gasteiger partial charge in [0.15, 0.2) is 5.75 Å². The molecular weight excluding hydrogens is 214 g/mol. The van der Waals surface area contributed by atoms with Crippen LogP contribution in [0.2, 0.25) is 0 Å². The molecule has 15 heavy (non-hydrogen) atoms. The molecule has 0 heterocycles. The van der Waals surface area contributed by atoms with Crippen LogP contribution >= 0.6 is 0 Å². The second-order valence-electron chi connectivity index (χ2n) is 2.92. The Morgan fingerprint density at radius 1 is 1.47 bits per heavy atom. The molecule has 6 heteroatoms. The van der Waals surface area contributed by atoms with Crippen LogP contribution in [0.5, 0.6) is 0 Å². The highest BCUT2D eigenvalue weighted by molar-refractivity contribution is 7.92. The number of nitrogens with one attached hydrogen (secondary N) is 1. The average molecular weight is 225 g/mol. The zero-order chi connectivity index (χ0) is 11.3. The third-order valence-electron chi connectivity index (χ3n) is 1.69. The minimum Gasteiger partial charge on any atom is -0.326 e. The van der Waals surface area contributed by atoms with Gasteiger partial charge in [-0.25, -0.2) is 8.42 Å². The minimum atomic E-state index is -3.56. The number of hydrogen-bond donors (Lipinski definition) is 2. The summed E-state index contributed by atoms with van der Waals surface area (Å²) in [5.41, 5.74) is 6.66. The largest absolute Gasteiger partial charge is 0.326 e. The maximum absolute atomic E-state index is 11.2. The Bertz CT molecular complexity index is 476. The molecule has 0 amide bonds. The number of sulfonamides is 1. The number of nitriles is 1. The number of nitrogens with two attached hydrogens (primary N) is 1. The molecule has 0 aliphatic carbocycles. The molecule has 0 spiro atoms. The van der Waals surface area contributed by atoms with Crippen molar-refractivity contribution in [2.24, 2.45) is 5.73 Å². The topological polar surface area (TPSA) is 96.0 Å². The molecule has 0 saturated heterocycles. The van der Waals surface area contributed by atoms with Gasteiger partial charge in [-0.05, 0) is 17.7 Å². The molecule has 0 atom stereocenters. The van der Waals surface area contributed by atoms with Crippen molar-refractivity contribution in [2.45, 2.75) is 6.54 Å². The molecule has 3 N–H and O–H groups in total. The fourth-order valence-corrected chi connectivity index (χ4v) is 1.79. The van der Waals surface area contributed by atoms with Crippen molar-refractivity contribution in [3.63, 3.8) is 0 Å². The van der Waals surface area contributed by atoms with E-state index in [9.17, 15) is 8.42 Å². The zero-order valence-electron chi connectivity index (χ0n) is 7.97. The van der Waals surface area contributed by atoms with Gasteiger partial charge in [0.1, 0.15) is 0 Å². The summed E-state index contributed by atoms with van der Waals surface area (Å²) >= 11 is 0. The van der Waals surface area contributed by atoms with E-state index < -0.39 is 15.8 Å². The molecule has 5 nitrogen and oxygen atoms in total. The maximum Gasteiger partial charge on any atom is 0.246 e. The normalized spacial score (nSPS) is 10.7. The van der Waals surface area contributed by atoms with Crippen LogP contribution in [0.3, 0.4) is 0 Å². The molecule has 0 fully saturated rings. The Kier molecular flexibility index (Phi) is 3.66. The lowest BCUT2D eigenvalue weighted by molar-refractivity contribution is 0.604. The first-order valence-corrected chi connectivity index (χ1v) is 5.89. The van der Waals surface area contributed by atoms with Crippen molar-refractivity contribution < 1.29 is 8.42 Å². The molecule has 1 aromatic carbocycles. The molecule has 1 aromatic rings. The molecular formula is C9H11N3O2S. The number of benzene rings is 1. The van der Waals surface area contributed by atoms with E-state index in [0.717, 1.165) is 5.56 Å². The van der Waals surface area contributed by atoms with Crippen molar-refractivity contribution in [2.75, 3.05) is 10.5 Å². The summed E-state index contributed by atoms with van der Waals surface area (Å²) in [6, 6.07) is 8.32. The Hall–Kier alpha value is -1.58. The lowest BCUT2D eigenvalue weighted by atomic mass is 10.2. The quantitative estimate of drug-likeness (QED) is 0.775. The standard InChI is InChI=1S/C9H11N3O2S/c10-4-5-15(13,14)12-9-3-1-2-8(6-9)7-11/h1-3,6,12H,5,7,11H2. The highest BCUT2D eigenvalue weighted by atomic mass is 32.2. The van der Waals surface area contributed by atoms with Gasteiger partial charge in [-0.1, -0.05) is 12.1 Å². The van der Waals surface area contributed by atoms with Crippen LogP contribution in [-0.4, -0.2) is 14.2 Å². The van der Waals surface area contributed by atoms with Crippen LogP contribution in [0.4, 0.5) is 5.69 Å². The molecule has 0 radical (unpaired) electrons. The van der Waals surface area contributed by atoms with E-state index in [4.69, 9.17) is 11.0 Å². The third kappa shape index (κ3) is 3.58. The fourth-order valence-electron chi connectivity index (χ4n) is 1.06. The van der Waals surface area contributed by atoms with E-state index in [2.05, 4.69) is 4.72 Å². The Morgan fingerprint density at radius 3 is 2.80 bits per heavy atom. The molecule has 1 rings (SSSR count). The van der Waals surface area contributed by atoms with Crippen LogP contribution < -0.4 is 10.5 Å². The summed E-state index contributed by atoms with van der Waals surface area (Å²) in [7, 11) is -3.56. The number of anilines is 1. The van der Waals surface area contributed by atoms with Crippen molar-refractivity contribution in [1.82, 2.24) is 0 Å². The van der Waals surface area contributed by atoms with Crippen molar-refractivity contribution in [1.29, 1.82) is 5.26 Å². The zero-order valence-corrected chi connectivity index (χ0v) is 8.79. The van der Waals surface area contributed by atoms with Crippen molar-refractivity contribution in [3.8, 4) is 6.07 Å². The van der Waals surface area contributed by atoms with Crippen molar-refractivity contribution >= 4 is 15.7 Å². The summed E-state index contributed by atoms with van der Waals surface area (Å²) in [6.07, 6.45) is 0. The molecule has 0 saturated carbocycles. The molecule has 0 bridgehead atoms. The molecule has 0 aromatic heterocycles. The fraction of sp³-hybridized carbons (Fsp3) is 0.222. The van der Waals surface area contributed by atoms with Crippen LogP contribution in [0.1, 0.15) is 5.56 Å². The van der Waals surface area contributed by atoms with Gasteiger partial charge in [-0.15, -0.1) is 0 Å². The Morgan fingerprint density at radius 2 is 2.20 bits per heavy atom. The summed E-state index contributed by atoms with van der Waals surface area (Å²) in [5, 5.41) is 8.29. The monoisotopic (exact) mass is 225 g/mol. The van der Waals surface area contributed by atoms with E-state index >= 15 is 0 Å². The molecule has 0 aliphatic rings. The maximum atomic E-state index is 11.2. The Balaban J connectivity index is 2.86. The van der Waals surface area contributed by atoms with Crippen LogP contribution in [0.15, 0.2) is 24.3 Å². The van der Waals surface area contributed by atoms with Gasteiger partial charge < -0.3 is 5.73 Å². The van der Waals surface area contributed by atoms with Crippen LogP contribution in [0, 0.1) is 11.3 Å². The highest BCUT2D eigenvalue weighted by Gasteiger charge is 2.08. The minimum absolute atomic E-state index is 0.341. The third-order valence-corrected chi connectivity index (χ3v) is 2.75. The number of hydrogen-bond acceptors (Lipinski definition) is 4. The Labute approximate surface area is 88.6 Å². The van der Waals surface area contributed by atoms with Crippen LogP contribution in [0.25, 0.3) is 0 Å². The lowest BCUT2D eigenvalue weighted by Crippen LogP contribution is -2.15. The van der Waals surface area contributed by atoms with Gasteiger partial charge >= 0.3 is 0 Å². The SMILES string of the molecule is N#CCS(=O)(=O)Nc1cccc(CN)c1. The highest BCUT2D eigenvalue weighted by Crippen LogP contribution is 2.11.